The van der Waals surface area contributed by atoms with Gasteiger partial charge in [0, 0.05) is 24.9 Å². The van der Waals surface area contributed by atoms with Crippen LogP contribution in [0.25, 0.3) is 0 Å². The predicted molar refractivity (Wildman–Crippen MR) is 111 cm³/mol. The minimum absolute atomic E-state index is 0.00825. The van der Waals surface area contributed by atoms with E-state index in [4.69, 9.17) is 14.2 Å². The molecular weight excluding hydrogens is 368 g/mol. The third kappa shape index (κ3) is 4.13. The number of esters is 1. The Morgan fingerprint density at radius 3 is 2.69 bits per heavy atom. The molecular formula is C24H34O5. The van der Waals surface area contributed by atoms with Crippen molar-refractivity contribution < 1.29 is 23.8 Å². The van der Waals surface area contributed by atoms with Crippen molar-refractivity contribution in [2.75, 3.05) is 7.11 Å². The first kappa shape index (κ1) is 22.0. The molecule has 3 aliphatic rings. The largest absolute Gasteiger partial charge is 0.460 e. The van der Waals surface area contributed by atoms with Gasteiger partial charge in [0.2, 0.25) is 0 Å². The zero-order valence-electron chi connectivity index (χ0n) is 18.4. The summed E-state index contributed by atoms with van der Waals surface area (Å²) in [4.78, 5) is 24.5. The van der Waals surface area contributed by atoms with Crippen LogP contribution in [0.3, 0.4) is 0 Å². The van der Waals surface area contributed by atoms with Crippen molar-refractivity contribution in [2.45, 2.75) is 77.8 Å². The Morgan fingerprint density at radius 2 is 2.07 bits per heavy atom. The Bertz CT molecular complexity index is 748. The molecule has 1 fully saturated rings. The maximum absolute atomic E-state index is 12.7. The van der Waals surface area contributed by atoms with E-state index in [1.54, 1.807) is 14.0 Å². The van der Waals surface area contributed by atoms with Crippen molar-refractivity contribution >= 4 is 11.8 Å². The number of ether oxygens (including phenoxy) is 3. The van der Waals surface area contributed by atoms with Gasteiger partial charge >= 0.3 is 5.97 Å². The molecule has 7 atom stereocenters. The molecule has 3 rings (SSSR count). The Hall–Kier alpha value is -1.72. The fourth-order valence-corrected chi connectivity index (χ4v) is 4.98. The molecule has 1 saturated heterocycles. The van der Waals surface area contributed by atoms with Crippen molar-refractivity contribution in [1.82, 2.24) is 0 Å². The second kappa shape index (κ2) is 8.57. The summed E-state index contributed by atoms with van der Waals surface area (Å²) in [6.45, 7) is 9.67. The lowest BCUT2D eigenvalue weighted by Gasteiger charge is -2.41. The van der Waals surface area contributed by atoms with Gasteiger partial charge in [-0.2, -0.15) is 0 Å². The highest BCUT2D eigenvalue weighted by atomic mass is 16.6. The SMILES string of the molecule is CC[C@H]1OC(=O)[C@@H](OC)C[C@H]2C=C[C@@H]3C[C@]2(O[C@H]3/C=C(/C)C(C)=O)/C(C)=C/[C@H]1C. The minimum Gasteiger partial charge on any atom is -0.460 e. The fourth-order valence-electron chi connectivity index (χ4n) is 4.98. The van der Waals surface area contributed by atoms with Crippen LogP contribution < -0.4 is 0 Å². The van der Waals surface area contributed by atoms with E-state index in [1.165, 1.54) is 5.57 Å². The van der Waals surface area contributed by atoms with Gasteiger partial charge in [0.15, 0.2) is 11.9 Å². The molecule has 0 N–H and O–H groups in total. The number of hydrogen-bond donors (Lipinski definition) is 0. The van der Waals surface area contributed by atoms with E-state index in [0.717, 1.165) is 18.4 Å². The Labute approximate surface area is 174 Å². The number of methoxy groups -OCH3 is 1. The van der Waals surface area contributed by atoms with E-state index in [0.29, 0.717) is 6.42 Å². The zero-order valence-corrected chi connectivity index (χ0v) is 18.4. The van der Waals surface area contributed by atoms with Crippen LogP contribution >= 0.6 is 0 Å². The average molecular weight is 403 g/mol. The van der Waals surface area contributed by atoms with E-state index >= 15 is 0 Å². The zero-order chi connectivity index (χ0) is 21.3. The second-order valence-electron chi connectivity index (χ2n) is 8.79. The van der Waals surface area contributed by atoms with Gasteiger partial charge in [0.05, 0.1) is 11.7 Å². The number of fused-ring (bicyclic) bond motifs is 1. The van der Waals surface area contributed by atoms with E-state index in [-0.39, 0.29) is 41.7 Å². The molecule has 0 aromatic rings. The molecule has 1 aliphatic carbocycles. The third-order valence-electron chi connectivity index (χ3n) is 6.92. The molecule has 0 aromatic carbocycles. The molecule has 5 nitrogen and oxygen atoms in total. The van der Waals surface area contributed by atoms with Crippen LogP contribution in [0, 0.1) is 17.8 Å². The molecule has 0 amide bonds. The summed E-state index contributed by atoms with van der Waals surface area (Å²) in [5.74, 6) is 0.0710. The molecule has 2 heterocycles. The van der Waals surface area contributed by atoms with Crippen LogP contribution in [0.1, 0.15) is 53.9 Å². The highest BCUT2D eigenvalue weighted by molar-refractivity contribution is 5.92. The van der Waals surface area contributed by atoms with Crippen molar-refractivity contribution in [1.29, 1.82) is 0 Å². The number of cyclic esters (lactones) is 1. The van der Waals surface area contributed by atoms with E-state index < -0.39 is 11.7 Å². The van der Waals surface area contributed by atoms with Gasteiger partial charge in [-0.3, -0.25) is 4.79 Å². The summed E-state index contributed by atoms with van der Waals surface area (Å²) in [7, 11) is 1.56. The molecule has 0 saturated carbocycles. The summed E-state index contributed by atoms with van der Waals surface area (Å²) in [5.41, 5.74) is 1.41. The fraction of sp³-hybridized carbons (Fsp3) is 0.667. The minimum atomic E-state index is -0.623. The summed E-state index contributed by atoms with van der Waals surface area (Å²) in [5, 5.41) is 0. The molecule has 0 radical (unpaired) electrons. The van der Waals surface area contributed by atoms with Crippen LogP contribution in [0.4, 0.5) is 0 Å². The number of hydrogen-bond acceptors (Lipinski definition) is 5. The lowest BCUT2D eigenvalue weighted by molar-refractivity contribution is -0.165. The van der Waals surface area contributed by atoms with Crippen LogP contribution in [-0.4, -0.2) is 42.8 Å². The monoisotopic (exact) mass is 402 g/mol. The standard InChI is InChI=1S/C24H34O5/c1-7-20-15(3)10-16(4)24-13-18(21(29-24)11-14(2)17(5)25)8-9-19(24)12-22(27-6)23(26)28-20/h8-11,15,18-22H,7,12-13H2,1-6H3/b14-11-,16-10+/t15-,18-,19-,20-,21+,22+,24+/m1/s1. The smallest absolute Gasteiger partial charge is 0.335 e. The molecule has 2 aliphatic heterocycles. The van der Waals surface area contributed by atoms with Crippen LogP contribution in [0.2, 0.25) is 0 Å². The molecule has 2 bridgehead atoms. The quantitative estimate of drug-likeness (QED) is 0.401. The first-order valence-electron chi connectivity index (χ1n) is 10.7. The number of ketones is 1. The first-order valence-corrected chi connectivity index (χ1v) is 10.7. The molecule has 1 spiro atoms. The summed E-state index contributed by atoms with van der Waals surface area (Å²) in [6, 6.07) is 0. The van der Waals surface area contributed by atoms with Gasteiger partial charge in [-0.1, -0.05) is 32.1 Å². The summed E-state index contributed by atoms with van der Waals surface area (Å²) >= 11 is 0. The second-order valence-corrected chi connectivity index (χ2v) is 8.79. The van der Waals surface area contributed by atoms with Gasteiger partial charge in [-0.15, -0.1) is 0 Å². The normalized spacial score (nSPS) is 41.9. The lowest BCUT2D eigenvalue weighted by atomic mass is 9.70. The molecule has 29 heavy (non-hydrogen) atoms. The Balaban J connectivity index is 2.04. The van der Waals surface area contributed by atoms with Crippen molar-refractivity contribution in [3.05, 3.63) is 35.5 Å². The summed E-state index contributed by atoms with van der Waals surface area (Å²) in [6.07, 6.45) is 9.67. The van der Waals surface area contributed by atoms with Crippen molar-refractivity contribution in [3.8, 4) is 0 Å². The number of carbonyl (C=O) groups is 2. The van der Waals surface area contributed by atoms with Crippen molar-refractivity contribution in [3.63, 3.8) is 0 Å². The maximum atomic E-state index is 12.7. The number of Topliss-reactive ketones (excluding diaryl/α,β-unsaturated/α-hetero) is 1. The molecule has 160 valence electrons. The van der Waals surface area contributed by atoms with Gasteiger partial charge in [-0.05, 0) is 57.3 Å². The van der Waals surface area contributed by atoms with Crippen molar-refractivity contribution in [2.24, 2.45) is 17.8 Å². The van der Waals surface area contributed by atoms with E-state index in [9.17, 15) is 9.59 Å². The highest BCUT2D eigenvalue weighted by Crippen LogP contribution is 2.52. The highest BCUT2D eigenvalue weighted by Gasteiger charge is 2.53. The number of rotatable bonds is 4. The van der Waals surface area contributed by atoms with E-state index in [1.807, 2.05) is 19.9 Å². The lowest BCUT2D eigenvalue weighted by Crippen LogP contribution is -2.44. The van der Waals surface area contributed by atoms with Gasteiger partial charge in [0.25, 0.3) is 0 Å². The molecule has 0 unspecified atom stereocenters. The van der Waals surface area contributed by atoms with Crippen LogP contribution in [-0.2, 0) is 23.8 Å². The number of allylic oxidation sites excluding steroid dienone is 1. The molecule has 0 aromatic heterocycles. The maximum Gasteiger partial charge on any atom is 0.335 e. The molecule has 5 heteroatoms. The van der Waals surface area contributed by atoms with Crippen LogP contribution in [0.15, 0.2) is 35.5 Å². The van der Waals surface area contributed by atoms with Gasteiger partial charge in [0.1, 0.15) is 6.10 Å². The van der Waals surface area contributed by atoms with Gasteiger partial charge in [-0.25, -0.2) is 4.79 Å². The van der Waals surface area contributed by atoms with Crippen LogP contribution in [0.5, 0.6) is 0 Å². The first-order chi connectivity index (χ1) is 13.7. The van der Waals surface area contributed by atoms with E-state index in [2.05, 4.69) is 32.1 Å². The predicted octanol–water partition coefficient (Wildman–Crippen LogP) is 4.17. The Morgan fingerprint density at radius 1 is 1.34 bits per heavy atom. The summed E-state index contributed by atoms with van der Waals surface area (Å²) < 4.78 is 18.0. The average Bonchev–Trinajstić information content (AvgIpc) is 2.98. The number of carbonyl (C=O) groups excluding carboxylic acids is 2. The van der Waals surface area contributed by atoms with Gasteiger partial charge < -0.3 is 14.2 Å². The third-order valence-corrected chi connectivity index (χ3v) is 6.92. The topological polar surface area (TPSA) is 61.8 Å². The Kier molecular flexibility index (Phi) is 6.49.